The highest BCUT2D eigenvalue weighted by molar-refractivity contribution is 14.1. The SMILES string of the molecule is Cc1c(C=Cc2nc3ccc(I)cc3c(=O)n2-c2ccc(Cl)cc2)c2ccccc2n1Cc1ccccc1. The average molecular weight is 628 g/mol. The first-order valence-electron chi connectivity index (χ1n) is 12.3. The molecule has 0 radical (unpaired) electrons. The number of fused-ring (bicyclic) bond motifs is 2. The molecule has 0 bridgehead atoms. The highest BCUT2D eigenvalue weighted by Crippen LogP contribution is 2.29. The zero-order chi connectivity index (χ0) is 26.2. The van der Waals surface area contributed by atoms with Crippen molar-refractivity contribution in [2.24, 2.45) is 0 Å². The molecule has 4 aromatic carbocycles. The zero-order valence-corrected chi connectivity index (χ0v) is 23.5. The van der Waals surface area contributed by atoms with Gasteiger partial charge < -0.3 is 4.57 Å². The Kier molecular flexibility index (Phi) is 6.64. The fraction of sp³-hybridized carbons (Fsp3) is 0.0625. The lowest BCUT2D eigenvalue weighted by Crippen LogP contribution is -2.22. The first-order chi connectivity index (χ1) is 18.5. The highest BCUT2D eigenvalue weighted by Gasteiger charge is 2.15. The van der Waals surface area contributed by atoms with E-state index in [-0.39, 0.29) is 5.56 Å². The summed E-state index contributed by atoms with van der Waals surface area (Å²) in [7, 11) is 0. The van der Waals surface area contributed by atoms with Crippen LogP contribution in [-0.4, -0.2) is 14.1 Å². The van der Waals surface area contributed by atoms with Gasteiger partial charge in [0.15, 0.2) is 0 Å². The third-order valence-corrected chi connectivity index (χ3v) is 7.73. The number of nitrogens with zero attached hydrogens (tertiary/aromatic N) is 3. The molecule has 0 aliphatic carbocycles. The number of para-hydroxylation sites is 1. The second kappa shape index (κ2) is 10.2. The summed E-state index contributed by atoms with van der Waals surface area (Å²) in [6, 6.07) is 31.9. The number of hydrogen-bond donors (Lipinski definition) is 0. The van der Waals surface area contributed by atoms with Crippen LogP contribution in [0.4, 0.5) is 0 Å². The molecule has 6 rings (SSSR count). The fourth-order valence-electron chi connectivity index (χ4n) is 4.92. The molecule has 0 aliphatic rings. The summed E-state index contributed by atoms with van der Waals surface area (Å²) < 4.78 is 4.98. The van der Waals surface area contributed by atoms with Gasteiger partial charge in [-0.3, -0.25) is 9.36 Å². The van der Waals surface area contributed by atoms with Crippen molar-refractivity contribution < 1.29 is 0 Å². The van der Waals surface area contributed by atoms with Gasteiger partial charge in [0.25, 0.3) is 5.56 Å². The lowest BCUT2D eigenvalue weighted by atomic mass is 10.1. The molecule has 0 atom stereocenters. The molecule has 0 saturated heterocycles. The van der Waals surface area contributed by atoms with E-state index < -0.39 is 0 Å². The molecule has 186 valence electrons. The molecule has 4 nitrogen and oxygen atoms in total. The van der Waals surface area contributed by atoms with E-state index in [1.54, 1.807) is 16.7 Å². The third-order valence-electron chi connectivity index (χ3n) is 6.80. The van der Waals surface area contributed by atoms with Gasteiger partial charge in [-0.25, -0.2) is 4.98 Å². The topological polar surface area (TPSA) is 39.8 Å². The molecular weight excluding hydrogens is 605 g/mol. The van der Waals surface area contributed by atoms with Crippen molar-refractivity contribution in [1.82, 2.24) is 14.1 Å². The van der Waals surface area contributed by atoms with Crippen molar-refractivity contribution in [2.75, 3.05) is 0 Å². The van der Waals surface area contributed by atoms with Gasteiger partial charge in [0.1, 0.15) is 5.82 Å². The number of rotatable bonds is 5. The van der Waals surface area contributed by atoms with Gasteiger partial charge in [-0.15, -0.1) is 0 Å². The van der Waals surface area contributed by atoms with E-state index in [0.29, 0.717) is 21.7 Å². The monoisotopic (exact) mass is 627 g/mol. The van der Waals surface area contributed by atoms with Crippen LogP contribution < -0.4 is 5.56 Å². The molecule has 0 N–H and O–H groups in total. The molecule has 0 spiro atoms. The summed E-state index contributed by atoms with van der Waals surface area (Å²) >= 11 is 8.37. The molecular formula is C32H23ClIN3O. The van der Waals surface area contributed by atoms with Gasteiger partial charge in [0, 0.05) is 37.3 Å². The van der Waals surface area contributed by atoms with E-state index in [1.165, 1.54) is 11.1 Å². The number of aromatic nitrogens is 3. The maximum atomic E-state index is 13.7. The van der Waals surface area contributed by atoms with Crippen LogP contribution in [0.5, 0.6) is 0 Å². The van der Waals surface area contributed by atoms with E-state index in [4.69, 9.17) is 16.6 Å². The van der Waals surface area contributed by atoms with Crippen LogP contribution in [-0.2, 0) is 6.54 Å². The van der Waals surface area contributed by atoms with Crippen LogP contribution in [0, 0.1) is 10.5 Å². The van der Waals surface area contributed by atoms with Gasteiger partial charge in [-0.2, -0.15) is 0 Å². The van der Waals surface area contributed by atoms with Crippen molar-refractivity contribution in [1.29, 1.82) is 0 Å². The quantitative estimate of drug-likeness (QED) is 0.181. The predicted octanol–water partition coefficient (Wildman–Crippen LogP) is 8.13. The van der Waals surface area contributed by atoms with Crippen molar-refractivity contribution >= 4 is 68.1 Å². The van der Waals surface area contributed by atoms with Crippen molar-refractivity contribution in [3.05, 3.63) is 139 Å². The smallest absolute Gasteiger partial charge is 0.266 e. The van der Waals surface area contributed by atoms with Gasteiger partial charge in [-0.05, 0) is 95.8 Å². The van der Waals surface area contributed by atoms with Gasteiger partial charge in [0.2, 0.25) is 0 Å². The Labute approximate surface area is 239 Å². The molecule has 38 heavy (non-hydrogen) atoms. The maximum Gasteiger partial charge on any atom is 0.266 e. The van der Waals surface area contributed by atoms with Crippen LogP contribution in [0.2, 0.25) is 5.02 Å². The van der Waals surface area contributed by atoms with Crippen LogP contribution in [0.1, 0.15) is 22.6 Å². The molecule has 0 aliphatic heterocycles. The van der Waals surface area contributed by atoms with Crippen molar-refractivity contribution in [3.63, 3.8) is 0 Å². The van der Waals surface area contributed by atoms with Crippen molar-refractivity contribution in [2.45, 2.75) is 13.5 Å². The minimum absolute atomic E-state index is 0.112. The zero-order valence-electron chi connectivity index (χ0n) is 20.6. The molecule has 6 aromatic rings. The minimum Gasteiger partial charge on any atom is -0.340 e. The van der Waals surface area contributed by atoms with E-state index in [1.807, 2.05) is 42.5 Å². The van der Waals surface area contributed by atoms with E-state index >= 15 is 0 Å². The Balaban J connectivity index is 1.53. The predicted molar refractivity (Wildman–Crippen MR) is 166 cm³/mol. The molecule has 0 amide bonds. The normalized spacial score (nSPS) is 11.7. The lowest BCUT2D eigenvalue weighted by Gasteiger charge is -2.12. The Hall–Kier alpha value is -3.68. The van der Waals surface area contributed by atoms with Crippen LogP contribution in [0.25, 0.3) is 39.6 Å². The molecule has 0 saturated carbocycles. The lowest BCUT2D eigenvalue weighted by molar-refractivity contribution is 0.804. The summed E-state index contributed by atoms with van der Waals surface area (Å²) in [4.78, 5) is 18.6. The fourth-order valence-corrected chi connectivity index (χ4v) is 5.54. The third kappa shape index (κ3) is 4.57. The second-order valence-corrected chi connectivity index (χ2v) is 10.9. The van der Waals surface area contributed by atoms with Gasteiger partial charge in [0.05, 0.1) is 16.6 Å². The maximum absolute atomic E-state index is 13.7. The second-order valence-electron chi connectivity index (χ2n) is 9.17. The standard InChI is InChI=1S/C32H23ClIN3O/c1-21-26(27-9-5-6-10-30(27)36(21)20-22-7-3-2-4-8-22)16-18-31-35-29-17-13-24(34)19-28(29)32(38)37(31)25-14-11-23(33)12-15-25/h2-19H,20H2,1H3. The van der Waals surface area contributed by atoms with Gasteiger partial charge >= 0.3 is 0 Å². The minimum atomic E-state index is -0.112. The Morgan fingerprint density at radius 2 is 1.61 bits per heavy atom. The van der Waals surface area contributed by atoms with Crippen molar-refractivity contribution in [3.8, 4) is 5.69 Å². The Bertz CT molecular complexity index is 1890. The molecule has 0 fully saturated rings. The molecule has 0 unspecified atom stereocenters. The average Bonchev–Trinajstić information content (AvgIpc) is 3.19. The number of hydrogen-bond acceptors (Lipinski definition) is 2. The molecule has 2 heterocycles. The summed E-state index contributed by atoms with van der Waals surface area (Å²) in [5.74, 6) is 0.560. The largest absolute Gasteiger partial charge is 0.340 e. The summed E-state index contributed by atoms with van der Waals surface area (Å²) in [5, 5.41) is 2.36. The van der Waals surface area contributed by atoms with Crippen LogP contribution >= 0.6 is 34.2 Å². The van der Waals surface area contributed by atoms with Crippen LogP contribution in [0.3, 0.4) is 0 Å². The van der Waals surface area contributed by atoms with Crippen LogP contribution in [0.15, 0.2) is 102 Å². The first kappa shape index (κ1) is 24.6. The first-order valence-corrected chi connectivity index (χ1v) is 13.7. The van der Waals surface area contributed by atoms with Gasteiger partial charge in [-0.1, -0.05) is 60.1 Å². The highest BCUT2D eigenvalue weighted by atomic mass is 127. The summed E-state index contributed by atoms with van der Waals surface area (Å²) in [6.07, 6.45) is 4.01. The Morgan fingerprint density at radius 3 is 2.39 bits per heavy atom. The Morgan fingerprint density at radius 1 is 0.868 bits per heavy atom. The summed E-state index contributed by atoms with van der Waals surface area (Å²) in [5.41, 5.74) is 5.95. The van der Waals surface area contributed by atoms with E-state index in [9.17, 15) is 4.79 Å². The molecule has 2 aromatic heterocycles. The number of benzene rings is 4. The summed E-state index contributed by atoms with van der Waals surface area (Å²) in [6.45, 7) is 2.92. The number of halogens is 2. The van der Waals surface area contributed by atoms with E-state index in [0.717, 1.165) is 32.4 Å². The van der Waals surface area contributed by atoms with E-state index in [2.05, 4.69) is 88.7 Å². The molecule has 6 heteroatoms.